The number of hydrogen-bond donors (Lipinski definition) is 1. The van der Waals surface area contributed by atoms with Crippen molar-refractivity contribution in [2.45, 2.75) is 19.3 Å². The molecule has 4 heteroatoms. The van der Waals surface area contributed by atoms with E-state index >= 15 is 0 Å². The van der Waals surface area contributed by atoms with Crippen LogP contribution in [0.2, 0.25) is 0 Å². The summed E-state index contributed by atoms with van der Waals surface area (Å²) >= 11 is 0. The number of rotatable bonds is 7. The van der Waals surface area contributed by atoms with E-state index in [2.05, 4.69) is 4.90 Å². The normalized spacial score (nSPS) is 11.3. The van der Waals surface area contributed by atoms with E-state index in [0.717, 1.165) is 36.8 Å². The summed E-state index contributed by atoms with van der Waals surface area (Å²) in [5, 5.41) is 9.78. The molecule has 0 bridgehead atoms. The molecule has 0 amide bonds. The van der Waals surface area contributed by atoms with Gasteiger partial charge in [0.15, 0.2) is 0 Å². The Hall–Kier alpha value is -1.65. The van der Waals surface area contributed by atoms with Crippen molar-refractivity contribution in [1.29, 1.82) is 0 Å². The molecule has 0 unspecified atom stereocenters. The smallest absolute Gasteiger partial charge is 0.339 e. The van der Waals surface area contributed by atoms with Gasteiger partial charge < -0.3 is 14.4 Å². The Morgan fingerprint density at radius 1 is 1.20 bits per heavy atom. The molecule has 1 aromatic heterocycles. The van der Waals surface area contributed by atoms with Crippen LogP contribution in [0.15, 0.2) is 39.5 Å². The molecule has 0 aliphatic carbocycles. The Morgan fingerprint density at radius 3 is 2.80 bits per heavy atom. The molecule has 1 aromatic carbocycles. The zero-order valence-corrected chi connectivity index (χ0v) is 11.8. The summed E-state index contributed by atoms with van der Waals surface area (Å²) in [4.78, 5) is 13.9. The van der Waals surface area contributed by atoms with Gasteiger partial charge in [0.1, 0.15) is 5.58 Å². The standard InChI is InChI=1S/C16H21NO3/c1-17(10-11-18)9-5-4-7-14-12-13-6-2-3-8-15(13)20-16(14)19/h2-3,6,8,12,18H,4-5,7,9-11H2,1H3. The summed E-state index contributed by atoms with van der Waals surface area (Å²) in [5.41, 5.74) is 1.16. The lowest BCUT2D eigenvalue weighted by Gasteiger charge is -2.14. The number of unbranched alkanes of at least 4 members (excludes halogenated alkanes) is 1. The van der Waals surface area contributed by atoms with Crippen LogP contribution in [0.5, 0.6) is 0 Å². The van der Waals surface area contributed by atoms with E-state index in [1.54, 1.807) is 0 Å². The number of fused-ring (bicyclic) bond motifs is 1. The third-order valence-corrected chi connectivity index (χ3v) is 3.43. The quantitative estimate of drug-likeness (QED) is 0.620. The second-order valence-corrected chi connectivity index (χ2v) is 5.08. The fraction of sp³-hybridized carbons (Fsp3) is 0.438. The van der Waals surface area contributed by atoms with Gasteiger partial charge in [-0.3, -0.25) is 0 Å². The predicted molar refractivity (Wildman–Crippen MR) is 80.0 cm³/mol. The van der Waals surface area contributed by atoms with Gasteiger partial charge in [-0.05, 0) is 45.0 Å². The highest BCUT2D eigenvalue weighted by Gasteiger charge is 2.05. The average molecular weight is 275 g/mol. The molecule has 2 rings (SSSR count). The highest BCUT2D eigenvalue weighted by molar-refractivity contribution is 5.76. The summed E-state index contributed by atoms with van der Waals surface area (Å²) in [5.74, 6) is 0. The Morgan fingerprint density at radius 2 is 2.00 bits per heavy atom. The maximum atomic E-state index is 11.9. The fourth-order valence-corrected chi connectivity index (χ4v) is 2.26. The number of nitrogens with zero attached hydrogens (tertiary/aromatic N) is 1. The van der Waals surface area contributed by atoms with Crippen molar-refractivity contribution in [3.05, 3.63) is 46.3 Å². The van der Waals surface area contributed by atoms with Crippen LogP contribution in [0.1, 0.15) is 18.4 Å². The highest BCUT2D eigenvalue weighted by atomic mass is 16.4. The SMILES string of the molecule is CN(CCO)CCCCc1cc2ccccc2oc1=O. The molecule has 4 nitrogen and oxygen atoms in total. The van der Waals surface area contributed by atoms with Crippen LogP contribution in [0.25, 0.3) is 11.0 Å². The number of benzene rings is 1. The Bertz CT molecular complexity index is 606. The van der Waals surface area contributed by atoms with Gasteiger partial charge in [0.2, 0.25) is 0 Å². The molecular weight excluding hydrogens is 254 g/mol. The average Bonchev–Trinajstić information content (AvgIpc) is 2.44. The molecule has 0 aliphatic rings. The lowest BCUT2D eigenvalue weighted by Crippen LogP contribution is -2.23. The minimum atomic E-state index is -0.229. The number of para-hydroxylation sites is 1. The second-order valence-electron chi connectivity index (χ2n) is 5.08. The van der Waals surface area contributed by atoms with E-state index in [9.17, 15) is 4.79 Å². The fourth-order valence-electron chi connectivity index (χ4n) is 2.26. The van der Waals surface area contributed by atoms with Crippen molar-refractivity contribution < 1.29 is 9.52 Å². The van der Waals surface area contributed by atoms with E-state index in [1.807, 2.05) is 37.4 Å². The molecule has 0 spiro atoms. The van der Waals surface area contributed by atoms with Gasteiger partial charge in [-0.2, -0.15) is 0 Å². The largest absolute Gasteiger partial charge is 0.423 e. The van der Waals surface area contributed by atoms with Crippen LogP contribution in [-0.2, 0) is 6.42 Å². The predicted octanol–water partition coefficient (Wildman–Crippen LogP) is 2.04. The number of aliphatic hydroxyl groups excluding tert-OH is 1. The van der Waals surface area contributed by atoms with Gasteiger partial charge in [-0.15, -0.1) is 0 Å². The maximum absolute atomic E-state index is 11.9. The van der Waals surface area contributed by atoms with Gasteiger partial charge in [0.25, 0.3) is 0 Å². The molecule has 20 heavy (non-hydrogen) atoms. The van der Waals surface area contributed by atoms with E-state index in [1.165, 1.54) is 0 Å². The van der Waals surface area contributed by atoms with Gasteiger partial charge in [0.05, 0.1) is 6.61 Å². The topological polar surface area (TPSA) is 53.7 Å². The van der Waals surface area contributed by atoms with Gasteiger partial charge in [-0.25, -0.2) is 4.79 Å². The number of aliphatic hydroxyl groups is 1. The van der Waals surface area contributed by atoms with Crippen molar-refractivity contribution >= 4 is 11.0 Å². The lowest BCUT2D eigenvalue weighted by molar-refractivity contribution is 0.219. The molecule has 0 atom stereocenters. The molecule has 0 saturated heterocycles. The first-order valence-corrected chi connectivity index (χ1v) is 7.02. The van der Waals surface area contributed by atoms with Gasteiger partial charge >= 0.3 is 5.63 Å². The van der Waals surface area contributed by atoms with Crippen LogP contribution in [0.3, 0.4) is 0 Å². The van der Waals surface area contributed by atoms with Crippen LogP contribution in [0, 0.1) is 0 Å². The second kappa shape index (κ2) is 7.22. The molecule has 1 N–H and O–H groups in total. The van der Waals surface area contributed by atoms with Crippen molar-refractivity contribution in [3.63, 3.8) is 0 Å². The zero-order valence-electron chi connectivity index (χ0n) is 11.8. The van der Waals surface area contributed by atoms with Crippen molar-refractivity contribution in [2.75, 3.05) is 26.7 Å². The summed E-state index contributed by atoms with van der Waals surface area (Å²) in [6, 6.07) is 9.50. The van der Waals surface area contributed by atoms with E-state index in [-0.39, 0.29) is 12.2 Å². The van der Waals surface area contributed by atoms with Crippen LogP contribution in [-0.4, -0.2) is 36.8 Å². The summed E-state index contributed by atoms with van der Waals surface area (Å²) in [7, 11) is 1.99. The van der Waals surface area contributed by atoms with Crippen molar-refractivity contribution in [2.24, 2.45) is 0 Å². The molecular formula is C16H21NO3. The van der Waals surface area contributed by atoms with E-state index in [4.69, 9.17) is 9.52 Å². The first-order valence-electron chi connectivity index (χ1n) is 7.02. The number of aryl methyl sites for hydroxylation is 1. The minimum absolute atomic E-state index is 0.185. The zero-order chi connectivity index (χ0) is 14.4. The summed E-state index contributed by atoms with van der Waals surface area (Å²) < 4.78 is 5.31. The van der Waals surface area contributed by atoms with Crippen molar-refractivity contribution in [3.8, 4) is 0 Å². The molecule has 1 heterocycles. The summed E-state index contributed by atoms with van der Waals surface area (Å²) in [6.07, 6.45) is 2.68. The Kier molecular flexibility index (Phi) is 5.32. The van der Waals surface area contributed by atoms with E-state index in [0.29, 0.717) is 12.1 Å². The molecule has 0 fully saturated rings. The maximum Gasteiger partial charge on any atom is 0.339 e. The first-order chi connectivity index (χ1) is 9.70. The number of hydrogen-bond acceptors (Lipinski definition) is 4. The highest BCUT2D eigenvalue weighted by Crippen LogP contribution is 2.13. The van der Waals surface area contributed by atoms with Crippen molar-refractivity contribution in [1.82, 2.24) is 4.90 Å². The minimum Gasteiger partial charge on any atom is -0.423 e. The third-order valence-electron chi connectivity index (χ3n) is 3.43. The first kappa shape index (κ1) is 14.8. The molecule has 0 aliphatic heterocycles. The molecule has 0 radical (unpaired) electrons. The monoisotopic (exact) mass is 275 g/mol. The number of likely N-dealkylation sites (N-methyl/N-ethyl adjacent to an activating group) is 1. The lowest BCUT2D eigenvalue weighted by atomic mass is 10.1. The Labute approximate surface area is 118 Å². The molecule has 108 valence electrons. The third kappa shape index (κ3) is 3.92. The van der Waals surface area contributed by atoms with E-state index < -0.39 is 0 Å². The van der Waals surface area contributed by atoms with Crippen LogP contribution < -0.4 is 5.63 Å². The molecule has 0 saturated carbocycles. The van der Waals surface area contributed by atoms with Crippen LogP contribution >= 0.6 is 0 Å². The summed E-state index contributed by atoms with van der Waals surface area (Å²) in [6.45, 7) is 1.81. The molecule has 2 aromatic rings. The Balaban J connectivity index is 1.93. The van der Waals surface area contributed by atoms with Gasteiger partial charge in [-0.1, -0.05) is 18.2 Å². The van der Waals surface area contributed by atoms with Gasteiger partial charge in [0, 0.05) is 17.5 Å². The van der Waals surface area contributed by atoms with Crippen LogP contribution in [0.4, 0.5) is 0 Å².